The number of allylic oxidation sites excluding steroid dienone is 5. The van der Waals surface area contributed by atoms with Gasteiger partial charge in [-0.05, 0) is 31.6 Å². The van der Waals surface area contributed by atoms with Crippen LogP contribution in [0.2, 0.25) is 0 Å². The van der Waals surface area contributed by atoms with Gasteiger partial charge in [-0.25, -0.2) is 0 Å². The Kier molecular flexibility index (Phi) is 5.32. The predicted molar refractivity (Wildman–Crippen MR) is 139 cm³/mol. The van der Waals surface area contributed by atoms with Gasteiger partial charge in [0, 0.05) is 47.1 Å². The molecule has 6 heteroatoms. The number of carbonyl (C=O) groups excluding carboxylic acids is 2. The van der Waals surface area contributed by atoms with Crippen molar-refractivity contribution in [3.63, 3.8) is 0 Å². The van der Waals surface area contributed by atoms with Gasteiger partial charge >= 0.3 is 0 Å². The molecule has 0 saturated carbocycles. The molecule has 184 valence electrons. The van der Waals surface area contributed by atoms with E-state index in [2.05, 4.69) is 66.8 Å². The third-order valence-corrected chi connectivity index (χ3v) is 7.88. The summed E-state index contributed by atoms with van der Waals surface area (Å²) in [6.07, 6.45) is 3.81. The maximum atomic E-state index is 13.5. The molecule has 0 unspecified atom stereocenters. The fourth-order valence-corrected chi connectivity index (χ4v) is 5.87. The number of Topliss-reactive ketones (excluding diaryl/α,β-unsaturated/α-hetero) is 1. The van der Waals surface area contributed by atoms with Crippen LogP contribution < -0.4 is 15.3 Å². The number of hydrogen-bond donors (Lipinski definition) is 1. The summed E-state index contributed by atoms with van der Waals surface area (Å²) in [5.41, 5.74) is 7.46. The van der Waals surface area contributed by atoms with Crippen LogP contribution >= 0.6 is 0 Å². The van der Waals surface area contributed by atoms with Crippen molar-refractivity contribution < 1.29 is 19.3 Å². The first-order valence-corrected chi connectivity index (χ1v) is 12.2. The normalized spacial score (nSPS) is 21.7. The number of aliphatic carboxylic acids is 1. The number of nitrogens with zero attached hydrogens (tertiary/aromatic N) is 2. The SMILES string of the molecule is CN1/C(=C/C2=C(NCC(=O)[O-])C(=C/C3=[N+](C)c4ccccc4C3(C)C)/C2=O)C(C)(C)c2ccccc21. The molecule has 2 aliphatic heterocycles. The van der Waals surface area contributed by atoms with Crippen molar-refractivity contribution in [2.24, 2.45) is 0 Å². The minimum Gasteiger partial charge on any atom is -0.548 e. The minimum atomic E-state index is -1.22. The van der Waals surface area contributed by atoms with Crippen molar-refractivity contribution in [2.45, 2.75) is 38.5 Å². The third-order valence-electron chi connectivity index (χ3n) is 7.88. The highest BCUT2D eigenvalue weighted by atomic mass is 16.4. The zero-order valence-electron chi connectivity index (χ0n) is 21.6. The molecular weight excluding hydrogens is 450 g/mol. The maximum absolute atomic E-state index is 13.5. The Morgan fingerprint density at radius 2 is 1.64 bits per heavy atom. The van der Waals surface area contributed by atoms with Crippen molar-refractivity contribution in [3.8, 4) is 0 Å². The first kappa shape index (κ1) is 23.8. The quantitative estimate of drug-likeness (QED) is 0.525. The number of para-hydroxylation sites is 2. The molecule has 1 N–H and O–H groups in total. The van der Waals surface area contributed by atoms with Gasteiger partial charge in [0.15, 0.2) is 11.5 Å². The predicted octanol–water partition coefficient (Wildman–Crippen LogP) is 3.11. The summed E-state index contributed by atoms with van der Waals surface area (Å²) in [4.78, 5) is 27.0. The molecule has 6 nitrogen and oxygen atoms in total. The fraction of sp³-hybridized carbons (Fsp3) is 0.300. The van der Waals surface area contributed by atoms with Gasteiger partial charge in [-0.2, -0.15) is 4.58 Å². The number of carboxylic acids is 1. The van der Waals surface area contributed by atoms with Gasteiger partial charge in [0.1, 0.15) is 7.05 Å². The first-order valence-electron chi connectivity index (χ1n) is 12.2. The van der Waals surface area contributed by atoms with E-state index in [4.69, 9.17) is 0 Å². The van der Waals surface area contributed by atoms with Crippen molar-refractivity contribution in [1.29, 1.82) is 0 Å². The molecule has 2 aromatic rings. The van der Waals surface area contributed by atoms with Gasteiger partial charge in [0.2, 0.25) is 5.69 Å². The van der Waals surface area contributed by atoms with Gasteiger partial charge in [-0.1, -0.05) is 50.2 Å². The highest BCUT2D eigenvalue weighted by Gasteiger charge is 2.46. The number of benzene rings is 2. The van der Waals surface area contributed by atoms with E-state index in [1.165, 1.54) is 11.1 Å². The first-order chi connectivity index (χ1) is 17.0. The topological polar surface area (TPSA) is 75.5 Å². The van der Waals surface area contributed by atoms with E-state index < -0.39 is 5.97 Å². The van der Waals surface area contributed by atoms with Crippen LogP contribution in [0, 0.1) is 0 Å². The van der Waals surface area contributed by atoms with E-state index in [9.17, 15) is 14.7 Å². The lowest BCUT2D eigenvalue weighted by atomic mass is 9.77. The van der Waals surface area contributed by atoms with Crippen LogP contribution in [0.3, 0.4) is 0 Å². The average molecular weight is 482 g/mol. The molecule has 1 aliphatic carbocycles. The van der Waals surface area contributed by atoms with Gasteiger partial charge in [0.25, 0.3) is 0 Å². The highest BCUT2D eigenvalue weighted by molar-refractivity contribution is 6.24. The molecule has 2 aromatic carbocycles. The molecule has 0 spiro atoms. The van der Waals surface area contributed by atoms with Crippen molar-refractivity contribution in [2.75, 3.05) is 25.5 Å². The number of fused-ring (bicyclic) bond motifs is 2. The van der Waals surface area contributed by atoms with Crippen LogP contribution in [-0.4, -0.2) is 42.7 Å². The number of rotatable bonds is 5. The van der Waals surface area contributed by atoms with E-state index in [1.807, 2.05) is 50.5 Å². The Morgan fingerprint density at radius 1 is 1.00 bits per heavy atom. The van der Waals surface area contributed by atoms with Crippen LogP contribution in [0.4, 0.5) is 11.4 Å². The van der Waals surface area contributed by atoms with E-state index >= 15 is 0 Å². The van der Waals surface area contributed by atoms with Gasteiger partial charge < -0.3 is 20.1 Å². The van der Waals surface area contributed by atoms with Crippen LogP contribution in [0.25, 0.3) is 0 Å². The lowest BCUT2D eigenvalue weighted by Crippen LogP contribution is -2.40. The number of carbonyl (C=O) groups is 2. The zero-order chi connectivity index (χ0) is 26.0. The molecule has 0 fully saturated rings. The summed E-state index contributed by atoms with van der Waals surface area (Å²) in [6, 6.07) is 16.4. The molecule has 0 bridgehead atoms. The molecule has 0 radical (unpaired) electrons. The number of likely N-dealkylation sites (N-methyl/N-ethyl adjacent to an activating group) is 1. The lowest BCUT2D eigenvalue weighted by Gasteiger charge is -2.30. The average Bonchev–Trinajstić information content (AvgIpc) is 3.16. The Bertz CT molecular complexity index is 1450. The number of carboxylic acid groups (broad SMARTS) is 1. The van der Waals surface area contributed by atoms with Gasteiger partial charge in [-0.3, -0.25) is 4.79 Å². The van der Waals surface area contributed by atoms with E-state index in [0.717, 1.165) is 22.8 Å². The molecule has 0 atom stereocenters. The minimum absolute atomic E-state index is 0.101. The fourth-order valence-electron chi connectivity index (χ4n) is 5.87. The van der Waals surface area contributed by atoms with E-state index in [-0.39, 0.29) is 23.2 Å². The second-order valence-corrected chi connectivity index (χ2v) is 10.7. The van der Waals surface area contributed by atoms with Crippen LogP contribution in [0.15, 0.2) is 83.2 Å². The van der Waals surface area contributed by atoms with Crippen LogP contribution in [0.5, 0.6) is 0 Å². The Labute approximate surface area is 212 Å². The monoisotopic (exact) mass is 481 g/mol. The Hall–Kier alpha value is -3.93. The summed E-state index contributed by atoms with van der Waals surface area (Å²) in [5, 5.41) is 14.3. The summed E-state index contributed by atoms with van der Waals surface area (Å²) in [6.45, 7) is 8.18. The van der Waals surface area contributed by atoms with Crippen molar-refractivity contribution >= 4 is 28.8 Å². The van der Waals surface area contributed by atoms with E-state index in [1.54, 1.807) is 0 Å². The molecule has 0 amide bonds. The molecular formula is C30H31N3O3. The van der Waals surface area contributed by atoms with Crippen molar-refractivity contribution in [3.05, 3.63) is 94.4 Å². The highest BCUT2D eigenvalue weighted by Crippen LogP contribution is 2.48. The lowest BCUT2D eigenvalue weighted by molar-refractivity contribution is -0.401. The molecule has 2 heterocycles. The number of hydrogen-bond acceptors (Lipinski definition) is 5. The van der Waals surface area contributed by atoms with Crippen molar-refractivity contribution in [1.82, 2.24) is 5.32 Å². The van der Waals surface area contributed by atoms with Crippen LogP contribution in [-0.2, 0) is 20.4 Å². The van der Waals surface area contributed by atoms with Gasteiger partial charge in [0.05, 0.1) is 29.2 Å². The molecule has 0 saturated heterocycles. The third kappa shape index (κ3) is 3.35. The van der Waals surface area contributed by atoms with E-state index in [0.29, 0.717) is 16.8 Å². The molecule has 3 aliphatic rings. The number of ketones is 1. The Balaban J connectivity index is 1.61. The summed E-state index contributed by atoms with van der Waals surface area (Å²) >= 11 is 0. The summed E-state index contributed by atoms with van der Waals surface area (Å²) < 4.78 is 2.10. The Morgan fingerprint density at radius 3 is 2.28 bits per heavy atom. The van der Waals surface area contributed by atoms with Gasteiger partial charge in [-0.15, -0.1) is 0 Å². The number of nitrogens with one attached hydrogen (secondary N) is 1. The molecule has 0 aromatic heterocycles. The van der Waals surface area contributed by atoms with Crippen LogP contribution in [0.1, 0.15) is 38.8 Å². The molecule has 36 heavy (non-hydrogen) atoms. The second kappa shape index (κ2) is 8.05. The smallest absolute Gasteiger partial charge is 0.209 e. The largest absolute Gasteiger partial charge is 0.548 e. The maximum Gasteiger partial charge on any atom is 0.209 e. The standard InChI is InChI=1S/C30H31N3O3/c1-29(2)20-11-7-9-13-22(20)32(5)24(29)15-18-27(31-17-26(34)35)19(28(18)36)16-25-30(3,4)21-12-8-10-14-23(21)33(25)6/h7-16H,17H2,1-6H3,(H-,31,34,35,36). The molecule has 5 rings (SSSR count). The number of anilines is 1. The summed E-state index contributed by atoms with van der Waals surface area (Å²) in [5.74, 6) is -1.33. The summed E-state index contributed by atoms with van der Waals surface area (Å²) in [7, 11) is 3.99. The zero-order valence-corrected chi connectivity index (χ0v) is 21.6. The second-order valence-electron chi connectivity index (χ2n) is 10.7.